The number of alkyl halides is 1. The van der Waals surface area contributed by atoms with Crippen LogP contribution in [-0.4, -0.2) is 77.9 Å². The van der Waals surface area contributed by atoms with Crippen LogP contribution in [0, 0.1) is 5.92 Å². The van der Waals surface area contributed by atoms with E-state index in [1.807, 2.05) is 13.1 Å². The van der Waals surface area contributed by atoms with Gasteiger partial charge in [0.2, 0.25) is 11.9 Å². The van der Waals surface area contributed by atoms with Crippen molar-refractivity contribution in [2.24, 2.45) is 5.92 Å². The molecule has 1 fully saturated rings. The zero-order valence-electron chi connectivity index (χ0n) is 21.5. The fraction of sp³-hybridized carbons (Fsp3) is 0.727. The van der Waals surface area contributed by atoms with Crippen molar-refractivity contribution in [3.63, 3.8) is 0 Å². The molecule has 0 unspecified atom stereocenters. The van der Waals surface area contributed by atoms with E-state index in [1.165, 1.54) is 10.9 Å². The van der Waals surface area contributed by atoms with Gasteiger partial charge in [0.05, 0.1) is 12.9 Å². The molecule has 0 radical (unpaired) electrons. The molecule has 2 N–H and O–H groups in total. The lowest BCUT2D eigenvalue weighted by Gasteiger charge is -2.39. The maximum Gasteiger partial charge on any atom is 0.233 e. The summed E-state index contributed by atoms with van der Waals surface area (Å²) < 4.78 is 29.6. The molecule has 1 amide bonds. The summed E-state index contributed by atoms with van der Waals surface area (Å²) in [5, 5.41) is 12.5. The molecule has 0 aromatic carbocycles. The minimum absolute atomic E-state index is 0.0952. The summed E-state index contributed by atoms with van der Waals surface area (Å²) in [6.07, 6.45) is -2.98. The summed E-state index contributed by atoms with van der Waals surface area (Å²) in [7, 11) is 1.26. The predicted octanol–water partition coefficient (Wildman–Crippen LogP) is 3.11. The predicted molar refractivity (Wildman–Crippen MR) is 131 cm³/mol. The van der Waals surface area contributed by atoms with Crippen LogP contribution in [0.2, 0.25) is 18.1 Å². The Morgan fingerprint density at radius 2 is 2.00 bits per heavy atom. The van der Waals surface area contributed by atoms with Crippen molar-refractivity contribution >= 4 is 37.2 Å². The number of aromatic nitrogens is 4. The van der Waals surface area contributed by atoms with Crippen LogP contribution in [0.25, 0.3) is 11.2 Å². The molecule has 12 heteroatoms. The molecule has 10 nitrogen and oxygen atoms in total. The van der Waals surface area contributed by atoms with Crippen LogP contribution in [0.5, 0.6) is 0 Å². The third kappa shape index (κ3) is 4.95. The maximum absolute atomic E-state index is 15.9. The molecule has 2 aromatic heterocycles. The van der Waals surface area contributed by atoms with Crippen LogP contribution in [0.4, 0.5) is 16.2 Å². The number of nitrogens with one attached hydrogen (secondary N) is 1. The van der Waals surface area contributed by atoms with Crippen molar-refractivity contribution in [3.05, 3.63) is 6.33 Å². The first-order valence-electron chi connectivity index (χ1n) is 11.5. The second-order valence-corrected chi connectivity index (χ2v) is 15.5. The first-order valence-corrected chi connectivity index (χ1v) is 14.4. The Labute approximate surface area is 201 Å². The Bertz CT molecular complexity index is 1040. The summed E-state index contributed by atoms with van der Waals surface area (Å²) >= 11 is 0. The quantitative estimate of drug-likeness (QED) is 0.562. The van der Waals surface area contributed by atoms with Crippen molar-refractivity contribution in [1.29, 1.82) is 0 Å². The number of carbonyl (C=O) groups excluding carboxylic acids is 1. The van der Waals surface area contributed by atoms with E-state index in [1.54, 1.807) is 32.8 Å². The number of aliphatic hydroxyl groups excluding tert-OH is 1. The van der Waals surface area contributed by atoms with Gasteiger partial charge in [-0.3, -0.25) is 14.7 Å². The highest BCUT2D eigenvalue weighted by molar-refractivity contribution is 6.74. The van der Waals surface area contributed by atoms with E-state index < -0.39 is 32.9 Å². The number of imidazole rings is 1. The number of rotatable bonds is 7. The second kappa shape index (κ2) is 9.48. The molecule has 2 aromatic rings. The summed E-state index contributed by atoms with van der Waals surface area (Å²) in [5.41, 5.74) is 0.757. The average molecular weight is 497 g/mol. The lowest BCUT2D eigenvalue weighted by Crippen LogP contribution is -2.49. The van der Waals surface area contributed by atoms with Gasteiger partial charge in [0.25, 0.3) is 0 Å². The van der Waals surface area contributed by atoms with Crippen molar-refractivity contribution in [1.82, 2.24) is 19.5 Å². The molecule has 4 atom stereocenters. The van der Waals surface area contributed by atoms with Gasteiger partial charge in [0.1, 0.15) is 12.2 Å². The highest BCUT2D eigenvalue weighted by Crippen LogP contribution is 2.42. The summed E-state index contributed by atoms with van der Waals surface area (Å²) in [6.45, 7) is 13.4. The Kier molecular flexibility index (Phi) is 7.37. The number of hydrogen-bond donors (Lipinski definition) is 2. The molecule has 1 saturated heterocycles. The van der Waals surface area contributed by atoms with Gasteiger partial charge in [0.15, 0.2) is 37.7 Å². The standard InChI is InChI=1S/C22H37FN6O4Si/c1-12(2)19(31)27-21-25-17(28(6)7)15-18(26-21)29(11-24-15)20-14(23)16(13(10-30)32-20)33-34(8,9)22(3,4)5/h11-14,16,20,30H,10H2,1-9H3,(H,25,26,27,31)/t13-,14+,16-,20-/m1/s1. The number of fused-ring (bicyclic) bond motifs is 1. The molecule has 3 heterocycles. The van der Waals surface area contributed by atoms with E-state index in [0.29, 0.717) is 17.0 Å². The van der Waals surface area contributed by atoms with Crippen LogP contribution in [0.3, 0.4) is 0 Å². The van der Waals surface area contributed by atoms with Crippen LogP contribution >= 0.6 is 0 Å². The van der Waals surface area contributed by atoms with E-state index in [-0.39, 0.29) is 29.4 Å². The van der Waals surface area contributed by atoms with E-state index in [2.05, 4.69) is 41.0 Å². The van der Waals surface area contributed by atoms with Gasteiger partial charge in [-0.2, -0.15) is 9.97 Å². The monoisotopic (exact) mass is 496 g/mol. The van der Waals surface area contributed by atoms with Crippen LogP contribution < -0.4 is 10.2 Å². The molecule has 34 heavy (non-hydrogen) atoms. The minimum atomic E-state index is -2.34. The second-order valence-electron chi connectivity index (χ2n) is 10.8. The van der Waals surface area contributed by atoms with Crippen molar-refractivity contribution in [2.75, 3.05) is 30.9 Å². The average Bonchev–Trinajstić information content (AvgIpc) is 3.27. The fourth-order valence-corrected chi connectivity index (χ4v) is 4.75. The lowest BCUT2D eigenvalue weighted by atomic mass is 10.1. The highest BCUT2D eigenvalue weighted by atomic mass is 28.4. The Morgan fingerprint density at radius 1 is 1.35 bits per heavy atom. The molecule has 0 spiro atoms. The van der Waals surface area contributed by atoms with E-state index in [0.717, 1.165) is 0 Å². The van der Waals surface area contributed by atoms with Crippen molar-refractivity contribution < 1.29 is 23.5 Å². The summed E-state index contributed by atoms with van der Waals surface area (Å²) in [6, 6.07) is 0. The topological polar surface area (TPSA) is 115 Å². The van der Waals surface area contributed by atoms with E-state index in [4.69, 9.17) is 9.16 Å². The van der Waals surface area contributed by atoms with E-state index in [9.17, 15) is 9.90 Å². The zero-order chi connectivity index (χ0) is 25.6. The van der Waals surface area contributed by atoms with Crippen LogP contribution in [0.15, 0.2) is 6.33 Å². The number of nitrogens with zero attached hydrogens (tertiary/aromatic N) is 5. The van der Waals surface area contributed by atoms with Gasteiger partial charge in [-0.05, 0) is 18.1 Å². The zero-order valence-corrected chi connectivity index (χ0v) is 22.5. The van der Waals surface area contributed by atoms with Gasteiger partial charge in [-0.25, -0.2) is 9.37 Å². The molecule has 0 aliphatic carbocycles. The van der Waals surface area contributed by atoms with Crippen molar-refractivity contribution in [2.45, 2.75) is 77.4 Å². The number of aliphatic hydroxyl groups is 1. The number of halogens is 1. The number of anilines is 2. The van der Waals surface area contributed by atoms with Crippen molar-refractivity contribution in [3.8, 4) is 0 Å². The third-order valence-corrected chi connectivity index (χ3v) is 11.0. The smallest absolute Gasteiger partial charge is 0.233 e. The largest absolute Gasteiger partial charge is 0.408 e. The van der Waals surface area contributed by atoms with Gasteiger partial charge < -0.3 is 19.2 Å². The van der Waals surface area contributed by atoms with Gasteiger partial charge in [-0.15, -0.1) is 0 Å². The summed E-state index contributed by atoms with van der Waals surface area (Å²) in [5.74, 6) is 0.0690. The number of carbonyl (C=O) groups is 1. The molecule has 1 aliphatic heterocycles. The lowest BCUT2D eigenvalue weighted by molar-refractivity contribution is -0.118. The Hall–Kier alpha value is -2.15. The number of hydrogen-bond acceptors (Lipinski definition) is 8. The normalized spacial score (nSPS) is 23.6. The SMILES string of the molecule is CC(C)C(=O)Nc1nc(N(C)C)c2ncn([C@@H]3O[C@H](CO)[C@@H](O[Si](C)(C)C(C)(C)C)[C@@H]3F)c2n1. The Morgan fingerprint density at radius 3 is 2.53 bits per heavy atom. The van der Waals surface area contributed by atoms with Gasteiger partial charge in [0, 0.05) is 20.0 Å². The third-order valence-electron chi connectivity index (χ3n) is 6.54. The number of amides is 1. The number of ether oxygens (including phenoxy) is 1. The van der Waals surface area contributed by atoms with Gasteiger partial charge in [-0.1, -0.05) is 34.6 Å². The van der Waals surface area contributed by atoms with E-state index >= 15 is 4.39 Å². The first kappa shape index (κ1) is 26.5. The van der Waals surface area contributed by atoms with Crippen LogP contribution in [0.1, 0.15) is 40.8 Å². The molecule has 190 valence electrons. The van der Waals surface area contributed by atoms with Crippen LogP contribution in [-0.2, 0) is 14.0 Å². The maximum atomic E-state index is 15.9. The molecule has 0 bridgehead atoms. The molecular formula is C22H37FN6O4Si. The fourth-order valence-electron chi connectivity index (χ4n) is 3.43. The van der Waals surface area contributed by atoms with Gasteiger partial charge >= 0.3 is 0 Å². The Balaban J connectivity index is 2.02. The first-order chi connectivity index (χ1) is 15.7. The highest BCUT2D eigenvalue weighted by Gasteiger charge is 2.51. The summed E-state index contributed by atoms with van der Waals surface area (Å²) in [4.78, 5) is 27.3. The molecule has 3 rings (SSSR count). The molecular weight excluding hydrogens is 459 g/mol. The molecule has 1 aliphatic rings. The minimum Gasteiger partial charge on any atom is -0.408 e. The molecule has 0 saturated carbocycles.